The van der Waals surface area contributed by atoms with Crippen LogP contribution in [0.5, 0.6) is 0 Å². The van der Waals surface area contributed by atoms with Crippen molar-refractivity contribution >= 4 is 51.0 Å². The molecule has 3 aliphatic rings. The number of fused-ring (bicyclic) bond motifs is 5. The van der Waals surface area contributed by atoms with Crippen molar-refractivity contribution < 1.29 is 14.4 Å². The summed E-state index contributed by atoms with van der Waals surface area (Å²) >= 11 is 3.41. The molecule has 3 aromatic rings. The van der Waals surface area contributed by atoms with Gasteiger partial charge in [0.1, 0.15) is 6.04 Å². The zero-order valence-corrected chi connectivity index (χ0v) is 19.1. The van der Waals surface area contributed by atoms with Crippen LogP contribution in [-0.2, 0) is 9.59 Å². The number of carbonyl (C=O) groups excluding carboxylic acids is 3. The first-order valence-electron chi connectivity index (χ1n) is 10.8. The Labute approximate surface area is 199 Å². The SMILES string of the molecule is O=C(c1ccc(Br)cc1)[C@@H]1[C@@H]2C(=O)N(c3ccccc3)C(=O)[C@@H]2[C@H]2C=Cc3ccccc3N21. The third kappa shape index (κ3) is 2.94. The Bertz CT molecular complexity index is 1320. The molecule has 2 saturated heterocycles. The van der Waals surface area contributed by atoms with Crippen molar-refractivity contribution in [3.63, 3.8) is 0 Å². The summed E-state index contributed by atoms with van der Waals surface area (Å²) < 4.78 is 0.870. The van der Waals surface area contributed by atoms with Gasteiger partial charge < -0.3 is 4.90 Å². The zero-order chi connectivity index (χ0) is 22.7. The highest BCUT2D eigenvalue weighted by atomic mass is 79.9. The summed E-state index contributed by atoms with van der Waals surface area (Å²) in [6.07, 6.45) is 3.96. The maximum absolute atomic E-state index is 13.9. The highest BCUT2D eigenvalue weighted by molar-refractivity contribution is 9.10. The van der Waals surface area contributed by atoms with Gasteiger partial charge in [-0.25, -0.2) is 4.90 Å². The summed E-state index contributed by atoms with van der Waals surface area (Å²) in [5.41, 5.74) is 2.92. The smallest absolute Gasteiger partial charge is 0.240 e. The highest BCUT2D eigenvalue weighted by Gasteiger charge is 2.64. The molecule has 162 valence electrons. The molecule has 0 saturated carbocycles. The molecule has 0 radical (unpaired) electrons. The standard InChI is InChI=1S/C27H19BrN2O3/c28-18-13-10-17(11-14-18)25(31)24-23-22(21-15-12-16-6-4-5-9-20(16)30(21)24)26(32)29(27(23)33)19-7-2-1-3-8-19/h1-15,21-24H/t21-,22-,23-,24+/m1/s1. The van der Waals surface area contributed by atoms with Gasteiger partial charge in [-0.3, -0.25) is 14.4 Å². The Morgan fingerprint density at radius 2 is 1.45 bits per heavy atom. The highest BCUT2D eigenvalue weighted by Crippen LogP contribution is 2.49. The van der Waals surface area contributed by atoms with Gasteiger partial charge in [-0.05, 0) is 35.9 Å². The van der Waals surface area contributed by atoms with Gasteiger partial charge in [0.05, 0.1) is 23.6 Å². The van der Waals surface area contributed by atoms with Crippen LogP contribution in [0.25, 0.3) is 6.08 Å². The molecule has 3 aromatic carbocycles. The number of nitrogens with zero attached hydrogens (tertiary/aromatic N) is 2. The van der Waals surface area contributed by atoms with Crippen LogP contribution in [0.4, 0.5) is 11.4 Å². The van der Waals surface area contributed by atoms with Gasteiger partial charge >= 0.3 is 0 Å². The Kier molecular flexibility index (Phi) is 4.59. The number of benzene rings is 3. The number of Topliss-reactive ketones (excluding diaryl/α,β-unsaturated/α-hetero) is 1. The minimum atomic E-state index is -0.766. The second-order valence-corrected chi connectivity index (χ2v) is 9.45. The number of anilines is 2. The maximum atomic E-state index is 13.9. The van der Waals surface area contributed by atoms with Crippen molar-refractivity contribution in [2.24, 2.45) is 11.8 Å². The molecular weight excluding hydrogens is 480 g/mol. The molecule has 0 N–H and O–H groups in total. The summed E-state index contributed by atoms with van der Waals surface area (Å²) in [6, 6.07) is 22.8. The van der Waals surface area contributed by atoms with E-state index in [1.165, 1.54) is 4.90 Å². The second kappa shape index (κ2) is 7.52. The second-order valence-electron chi connectivity index (χ2n) is 8.53. The first-order valence-corrected chi connectivity index (χ1v) is 11.6. The minimum Gasteiger partial charge on any atom is -0.352 e. The van der Waals surface area contributed by atoms with E-state index >= 15 is 0 Å². The van der Waals surface area contributed by atoms with E-state index in [-0.39, 0.29) is 23.6 Å². The van der Waals surface area contributed by atoms with E-state index in [1.54, 1.807) is 36.4 Å². The van der Waals surface area contributed by atoms with Crippen LogP contribution < -0.4 is 9.80 Å². The molecule has 2 amide bonds. The van der Waals surface area contributed by atoms with Crippen LogP contribution in [0.3, 0.4) is 0 Å². The van der Waals surface area contributed by atoms with Crippen LogP contribution in [0.1, 0.15) is 15.9 Å². The van der Waals surface area contributed by atoms with Crippen LogP contribution in [-0.4, -0.2) is 29.7 Å². The van der Waals surface area contributed by atoms with Crippen LogP contribution in [0, 0.1) is 11.8 Å². The summed E-state index contributed by atoms with van der Waals surface area (Å²) in [5.74, 6) is -2.09. The molecule has 5 nitrogen and oxygen atoms in total. The Morgan fingerprint density at radius 3 is 2.21 bits per heavy atom. The third-order valence-corrected chi connectivity index (χ3v) is 7.36. The lowest BCUT2D eigenvalue weighted by molar-refractivity contribution is -0.122. The van der Waals surface area contributed by atoms with Crippen molar-refractivity contribution in [2.45, 2.75) is 12.1 Å². The average molecular weight is 499 g/mol. The molecule has 6 heteroatoms. The first-order chi connectivity index (χ1) is 16.1. The number of para-hydroxylation sites is 2. The summed E-state index contributed by atoms with van der Waals surface area (Å²) in [7, 11) is 0. The average Bonchev–Trinajstić information content (AvgIpc) is 3.32. The predicted octanol–water partition coefficient (Wildman–Crippen LogP) is 4.72. The van der Waals surface area contributed by atoms with E-state index in [0.717, 1.165) is 15.7 Å². The Morgan fingerprint density at radius 1 is 0.788 bits per heavy atom. The van der Waals surface area contributed by atoms with Crippen molar-refractivity contribution in [2.75, 3.05) is 9.80 Å². The molecule has 0 aliphatic carbocycles. The topological polar surface area (TPSA) is 57.7 Å². The monoisotopic (exact) mass is 498 g/mol. The molecule has 0 bridgehead atoms. The number of rotatable bonds is 3. The molecule has 6 rings (SSSR count). The number of carbonyl (C=O) groups is 3. The van der Waals surface area contributed by atoms with E-state index in [2.05, 4.69) is 15.9 Å². The molecule has 2 fully saturated rings. The van der Waals surface area contributed by atoms with Crippen LogP contribution >= 0.6 is 15.9 Å². The minimum absolute atomic E-state index is 0.152. The summed E-state index contributed by atoms with van der Waals surface area (Å²) in [6.45, 7) is 0. The van der Waals surface area contributed by atoms with E-state index in [4.69, 9.17) is 0 Å². The van der Waals surface area contributed by atoms with Crippen molar-refractivity contribution in [1.82, 2.24) is 0 Å². The third-order valence-electron chi connectivity index (χ3n) is 6.83. The van der Waals surface area contributed by atoms with Crippen molar-refractivity contribution in [3.05, 3.63) is 101 Å². The number of hydrogen-bond acceptors (Lipinski definition) is 4. The molecule has 3 heterocycles. The quantitative estimate of drug-likeness (QED) is 0.387. The predicted molar refractivity (Wildman–Crippen MR) is 130 cm³/mol. The molecule has 0 unspecified atom stereocenters. The fraction of sp³-hybridized carbons (Fsp3) is 0.148. The lowest BCUT2D eigenvalue weighted by Crippen LogP contribution is -2.48. The zero-order valence-electron chi connectivity index (χ0n) is 17.5. The van der Waals surface area contributed by atoms with Gasteiger partial charge in [-0.15, -0.1) is 0 Å². The van der Waals surface area contributed by atoms with Gasteiger partial charge in [-0.1, -0.05) is 76.6 Å². The molecule has 0 aromatic heterocycles. The summed E-state index contributed by atoms with van der Waals surface area (Å²) in [5, 5.41) is 0. The van der Waals surface area contributed by atoms with Crippen molar-refractivity contribution in [1.29, 1.82) is 0 Å². The van der Waals surface area contributed by atoms with Gasteiger partial charge in [-0.2, -0.15) is 0 Å². The molecule has 0 spiro atoms. The number of hydrogen-bond donors (Lipinski definition) is 0. The maximum Gasteiger partial charge on any atom is 0.240 e. The van der Waals surface area contributed by atoms with Crippen LogP contribution in [0.2, 0.25) is 0 Å². The van der Waals surface area contributed by atoms with E-state index < -0.39 is 17.9 Å². The lowest BCUT2D eigenvalue weighted by atomic mass is 9.86. The number of ketones is 1. The first kappa shape index (κ1) is 20.1. The fourth-order valence-corrected chi connectivity index (χ4v) is 5.69. The lowest BCUT2D eigenvalue weighted by Gasteiger charge is -2.36. The molecule has 3 aliphatic heterocycles. The Balaban J connectivity index is 1.50. The van der Waals surface area contributed by atoms with Gasteiger partial charge in [0.15, 0.2) is 5.78 Å². The summed E-state index contributed by atoms with van der Waals surface area (Å²) in [4.78, 5) is 44.5. The van der Waals surface area contributed by atoms with E-state index in [9.17, 15) is 14.4 Å². The molecule has 33 heavy (non-hydrogen) atoms. The largest absolute Gasteiger partial charge is 0.352 e. The van der Waals surface area contributed by atoms with E-state index in [0.29, 0.717) is 11.3 Å². The number of halogens is 1. The van der Waals surface area contributed by atoms with Crippen LogP contribution in [0.15, 0.2) is 89.4 Å². The number of imide groups is 1. The normalized spacial score (nSPS) is 25.1. The molecule has 4 atom stereocenters. The number of amides is 2. The van der Waals surface area contributed by atoms with Gasteiger partial charge in [0, 0.05) is 15.7 Å². The van der Waals surface area contributed by atoms with Gasteiger partial charge in [0.2, 0.25) is 11.8 Å². The van der Waals surface area contributed by atoms with Crippen molar-refractivity contribution in [3.8, 4) is 0 Å². The Hall–Kier alpha value is -3.51. The van der Waals surface area contributed by atoms with E-state index in [1.807, 2.05) is 59.5 Å². The fourth-order valence-electron chi connectivity index (χ4n) is 5.43. The molecular formula is C27H19BrN2O3. The van der Waals surface area contributed by atoms with Gasteiger partial charge in [0.25, 0.3) is 0 Å².